The van der Waals surface area contributed by atoms with Crippen molar-refractivity contribution in [2.75, 3.05) is 0 Å². The van der Waals surface area contributed by atoms with E-state index in [9.17, 15) is 0 Å². The molecule has 0 spiro atoms. The average Bonchev–Trinajstić information content (AvgIpc) is 0.965. The number of para-hydroxylation sites is 4. The van der Waals surface area contributed by atoms with Crippen LogP contribution in [0.1, 0.15) is 0 Å². The molecular weight excluding hydrogens is 1460 g/mol. The summed E-state index contributed by atoms with van der Waals surface area (Å²) in [6.07, 6.45) is 0. The van der Waals surface area contributed by atoms with Gasteiger partial charge < -0.3 is 17.7 Å². The maximum atomic E-state index is 6.72. The van der Waals surface area contributed by atoms with Crippen molar-refractivity contribution in [2.45, 2.75) is 0 Å². The number of benzene rings is 22. The van der Waals surface area contributed by atoms with Gasteiger partial charge in [-0.25, -0.2) is 0 Å². The zero-order valence-electron chi connectivity index (χ0n) is 64.9. The van der Waals surface area contributed by atoms with Gasteiger partial charge in [-0.05, 0) is 214 Å². The molecule has 556 valence electrons. The first-order valence-corrected chi connectivity index (χ1v) is 41.2. The monoisotopic (exact) mass is 1520 g/mol. The summed E-state index contributed by atoms with van der Waals surface area (Å²) in [4.78, 5) is 0. The Kier molecular flexibility index (Phi) is 15.1. The van der Waals surface area contributed by atoms with Crippen LogP contribution in [-0.2, 0) is 0 Å². The topological polar surface area (TPSA) is 52.6 Å². The lowest BCUT2D eigenvalue weighted by Crippen LogP contribution is -1.92. The normalized spacial score (nSPS) is 12.0. The second kappa shape index (κ2) is 26.9. The van der Waals surface area contributed by atoms with Gasteiger partial charge >= 0.3 is 0 Å². The first kappa shape index (κ1) is 67.5. The van der Waals surface area contributed by atoms with Crippen molar-refractivity contribution >= 4 is 174 Å². The number of furan rings is 4. The molecule has 0 aliphatic rings. The summed E-state index contributed by atoms with van der Waals surface area (Å²) in [6.45, 7) is 0. The minimum atomic E-state index is 0.893. The Morgan fingerprint density at radius 2 is 0.375 bits per heavy atom. The van der Waals surface area contributed by atoms with Crippen molar-refractivity contribution in [1.82, 2.24) is 0 Å². The summed E-state index contributed by atoms with van der Waals surface area (Å²) < 4.78 is 26.6. The van der Waals surface area contributed by atoms with Crippen LogP contribution in [-0.4, -0.2) is 0 Å². The predicted molar refractivity (Wildman–Crippen MR) is 506 cm³/mol. The lowest BCUT2D eigenvalue weighted by molar-refractivity contribution is 0.672. The molecule has 4 heteroatoms. The second-order valence-corrected chi connectivity index (χ2v) is 31.8. The van der Waals surface area contributed by atoms with Gasteiger partial charge in [0.25, 0.3) is 0 Å². The second-order valence-electron chi connectivity index (χ2n) is 31.8. The minimum absolute atomic E-state index is 0.893. The van der Waals surface area contributed by atoms with Crippen LogP contribution in [0.15, 0.2) is 430 Å². The summed E-state index contributed by atoms with van der Waals surface area (Å²) in [5.74, 6) is 0. The smallest absolute Gasteiger partial charge is 0.143 e. The van der Waals surface area contributed by atoms with Gasteiger partial charge in [0, 0.05) is 64.6 Å². The van der Waals surface area contributed by atoms with Gasteiger partial charge in [-0.3, -0.25) is 0 Å². The molecule has 22 aromatic carbocycles. The Morgan fingerprint density at radius 3 is 0.750 bits per heavy atom. The van der Waals surface area contributed by atoms with Crippen molar-refractivity contribution in [3.05, 3.63) is 413 Å². The Morgan fingerprint density at radius 1 is 0.125 bits per heavy atom. The highest BCUT2D eigenvalue weighted by molar-refractivity contribution is 6.30. The highest BCUT2D eigenvalue weighted by atomic mass is 16.3. The average molecular weight is 1530 g/mol. The highest BCUT2D eigenvalue weighted by Crippen LogP contribution is 2.52. The fraction of sp³-hybridized carbons (Fsp3) is 0. The third-order valence-electron chi connectivity index (χ3n) is 25.3. The quantitative estimate of drug-likeness (QED) is 0.142. The van der Waals surface area contributed by atoms with Crippen LogP contribution in [0.4, 0.5) is 0 Å². The molecule has 0 fully saturated rings. The molecule has 0 unspecified atom stereocenters. The SMILES string of the molecule is c1ccc(-c2ccc(-c3c4cccc(-c5cc6ccccc6c6oc7ccccc7c56)c4cc4c(-c5cc6ccccc6c6oc7ccccc7c56)cccc34)cc2)cc1.c1ccc(-c2ccc(-c3c4cccc(-c5cccc6c5ccc5c7ccccc7oc65)c4cc4c(-c5cccc6c5ccc5c7ccccc7oc65)cccc34)cc2)cc1. The van der Waals surface area contributed by atoms with E-state index < -0.39 is 0 Å². The molecule has 0 bridgehead atoms. The van der Waals surface area contributed by atoms with Crippen LogP contribution in [0.2, 0.25) is 0 Å². The van der Waals surface area contributed by atoms with Crippen LogP contribution in [0, 0.1) is 0 Å². The molecule has 120 heavy (non-hydrogen) atoms. The van der Waals surface area contributed by atoms with Crippen LogP contribution in [0.3, 0.4) is 0 Å². The van der Waals surface area contributed by atoms with Gasteiger partial charge in [0.2, 0.25) is 0 Å². The molecule has 4 heterocycles. The third kappa shape index (κ3) is 10.4. The van der Waals surface area contributed by atoms with Crippen molar-refractivity contribution in [2.24, 2.45) is 0 Å². The van der Waals surface area contributed by atoms with Crippen LogP contribution >= 0.6 is 0 Å². The molecule has 0 radical (unpaired) electrons. The Balaban J connectivity index is 0.000000133. The van der Waals surface area contributed by atoms with Gasteiger partial charge in [0.1, 0.15) is 44.7 Å². The molecular formula is C116H68O4. The van der Waals surface area contributed by atoms with E-state index in [4.69, 9.17) is 17.7 Å². The molecule has 0 saturated carbocycles. The summed E-state index contributed by atoms with van der Waals surface area (Å²) in [6, 6.07) is 149. The van der Waals surface area contributed by atoms with E-state index in [0.717, 1.165) is 131 Å². The van der Waals surface area contributed by atoms with Crippen molar-refractivity contribution in [3.8, 4) is 89.0 Å². The van der Waals surface area contributed by atoms with Crippen molar-refractivity contribution < 1.29 is 17.7 Å². The van der Waals surface area contributed by atoms with Crippen molar-refractivity contribution in [1.29, 1.82) is 0 Å². The summed E-state index contributed by atoms with van der Waals surface area (Å²) >= 11 is 0. The molecule has 0 N–H and O–H groups in total. The summed E-state index contributed by atoms with van der Waals surface area (Å²) in [5.41, 5.74) is 26.3. The lowest BCUT2D eigenvalue weighted by Gasteiger charge is -2.19. The van der Waals surface area contributed by atoms with E-state index in [2.05, 4.69) is 400 Å². The number of hydrogen-bond acceptors (Lipinski definition) is 4. The molecule has 0 aliphatic heterocycles. The molecule has 26 aromatic rings. The standard InChI is InChI=1S/2C58H34O2/c1-2-12-35(13-3-1)36-26-28-37(29-27-36)56-46-20-8-18-40(38-16-10-22-48-42(38)30-32-50-44-14-4-6-24-54(44)59-57(48)50)52(46)34-53-41(19-9-21-47(53)56)39-17-11-23-49-43(39)31-33-51-45-15-5-7-25-55(45)60-58(49)51;1-2-14-35(15-3-1)36-28-30-37(31-29-36)54-44-24-12-22-42(50-32-38-16-4-6-18-40(38)57-55(50)46-20-8-10-26-52(46)59-57)48(44)34-49-43(23-13-25-45(49)54)51-33-39-17-5-7-19-41(39)58-56(51)47-21-9-11-27-53(47)60-58/h2*1-34H. The third-order valence-corrected chi connectivity index (χ3v) is 25.3. The largest absolute Gasteiger partial charge is 0.455 e. The summed E-state index contributed by atoms with van der Waals surface area (Å²) in [5, 5.41) is 27.8. The lowest BCUT2D eigenvalue weighted by atomic mass is 9.84. The van der Waals surface area contributed by atoms with E-state index in [-0.39, 0.29) is 0 Å². The van der Waals surface area contributed by atoms with Gasteiger partial charge in [-0.1, -0.05) is 352 Å². The highest BCUT2D eigenvalue weighted by Gasteiger charge is 2.26. The molecule has 0 atom stereocenters. The van der Waals surface area contributed by atoms with Gasteiger partial charge in [-0.2, -0.15) is 0 Å². The van der Waals surface area contributed by atoms with E-state index in [0.29, 0.717) is 0 Å². The Hall–Kier alpha value is -15.9. The first-order valence-electron chi connectivity index (χ1n) is 41.2. The van der Waals surface area contributed by atoms with Crippen molar-refractivity contribution in [3.63, 3.8) is 0 Å². The van der Waals surface area contributed by atoms with E-state index in [1.165, 1.54) is 132 Å². The van der Waals surface area contributed by atoms with E-state index in [1.807, 2.05) is 12.1 Å². The Labute approximate surface area is 688 Å². The molecule has 4 aromatic heterocycles. The molecule has 0 saturated heterocycles. The maximum absolute atomic E-state index is 6.72. The first-order chi connectivity index (χ1) is 59.5. The zero-order chi connectivity index (χ0) is 78.6. The van der Waals surface area contributed by atoms with Crippen LogP contribution < -0.4 is 0 Å². The molecule has 26 rings (SSSR count). The number of hydrogen-bond donors (Lipinski definition) is 0. The van der Waals surface area contributed by atoms with Gasteiger partial charge in [-0.15, -0.1) is 0 Å². The zero-order valence-corrected chi connectivity index (χ0v) is 64.9. The molecule has 0 aliphatic carbocycles. The number of rotatable bonds is 8. The van der Waals surface area contributed by atoms with E-state index >= 15 is 0 Å². The van der Waals surface area contributed by atoms with Crippen LogP contribution in [0.25, 0.3) is 263 Å². The molecule has 4 nitrogen and oxygen atoms in total. The molecule has 0 amide bonds. The fourth-order valence-corrected chi connectivity index (χ4v) is 19.9. The van der Waals surface area contributed by atoms with Gasteiger partial charge in [0.05, 0.1) is 0 Å². The predicted octanol–water partition coefficient (Wildman–Crippen LogP) is 33.5. The Bertz CT molecular complexity index is 8340. The minimum Gasteiger partial charge on any atom is -0.455 e. The number of fused-ring (bicyclic) bond motifs is 24. The van der Waals surface area contributed by atoms with Crippen LogP contribution in [0.5, 0.6) is 0 Å². The maximum Gasteiger partial charge on any atom is 0.143 e. The summed E-state index contributed by atoms with van der Waals surface area (Å²) in [7, 11) is 0. The van der Waals surface area contributed by atoms with E-state index in [1.54, 1.807) is 0 Å². The fourth-order valence-electron chi connectivity index (χ4n) is 19.9. The van der Waals surface area contributed by atoms with Gasteiger partial charge in [0.15, 0.2) is 0 Å².